The van der Waals surface area contributed by atoms with Gasteiger partial charge in [0, 0.05) is 40.5 Å². The summed E-state index contributed by atoms with van der Waals surface area (Å²) >= 11 is 6.12. The molecule has 12 heteroatoms. The summed E-state index contributed by atoms with van der Waals surface area (Å²) < 4.78 is 58.2. The van der Waals surface area contributed by atoms with Crippen molar-refractivity contribution in [1.29, 1.82) is 0 Å². The quantitative estimate of drug-likeness (QED) is 0.176. The maximum absolute atomic E-state index is 15.4. The standard InChI is InChI=1S/C31H35ClF2N6O2S/c1-18(2)40-30-24(20-8-11-23(12-9-20)37-19(3)15-33)16-36-31(35)28(30)29(38-40)21-10-13-27(26(34)14-21)39-43(41,42)17-22-6-4-5-7-25(22)32/h4-8,10,13-14,16,18-19,23,37,39H,9,11-12,15,17H2,1-3H3,(H2,35,36)/t19-,23-/m0/s1. The molecule has 0 amide bonds. The molecule has 43 heavy (non-hydrogen) atoms. The van der Waals surface area contributed by atoms with Gasteiger partial charge in [-0.15, -0.1) is 0 Å². The van der Waals surface area contributed by atoms with E-state index in [4.69, 9.17) is 22.4 Å². The van der Waals surface area contributed by atoms with E-state index in [2.05, 4.69) is 21.1 Å². The van der Waals surface area contributed by atoms with Crippen LogP contribution in [0.1, 0.15) is 57.2 Å². The summed E-state index contributed by atoms with van der Waals surface area (Å²) in [5.74, 6) is -0.895. The number of nitrogen functional groups attached to an aromatic ring is 1. The van der Waals surface area contributed by atoms with E-state index in [-0.39, 0.29) is 29.6 Å². The van der Waals surface area contributed by atoms with Crippen LogP contribution in [0, 0.1) is 5.82 Å². The lowest BCUT2D eigenvalue weighted by atomic mass is 9.90. The van der Waals surface area contributed by atoms with Gasteiger partial charge in [-0.1, -0.05) is 41.9 Å². The largest absolute Gasteiger partial charge is 0.383 e. The van der Waals surface area contributed by atoms with E-state index in [1.54, 1.807) is 36.5 Å². The first-order chi connectivity index (χ1) is 20.5. The topological polar surface area (TPSA) is 115 Å². The molecule has 228 valence electrons. The minimum Gasteiger partial charge on any atom is -0.383 e. The lowest BCUT2D eigenvalue weighted by molar-refractivity contribution is 0.347. The van der Waals surface area contributed by atoms with Gasteiger partial charge in [0.2, 0.25) is 10.0 Å². The number of aromatic nitrogens is 3. The third-order valence-corrected chi connectivity index (χ3v) is 9.15. The highest BCUT2D eigenvalue weighted by Crippen LogP contribution is 2.39. The average molecular weight is 629 g/mol. The van der Waals surface area contributed by atoms with Gasteiger partial charge in [0.15, 0.2) is 0 Å². The van der Waals surface area contributed by atoms with Crippen molar-refractivity contribution in [1.82, 2.24) is 20.1 Å². The van der Waals surface area contributed by atoms with Crippen LogP contribution >= 0.6 is 11.6 Å². The molecule has 1 aliphatic rings. The molecule has 0 radical (unpaired) electrons. The molecule has 4 aromatic rings. The van der Waals surface area contributed by atoms with Crippen LogP contribution in [0.3, 0.4) is 0 Å². The second kappa shape index (κ2) is 12.6. The molecular weight excluding hydrogens is 594 g/mol. The Balaban J connectivity index is 1.49. The number of benzene rings is 2. The minimum absolute atomic E-state index is 0.0402. The van der Waals surface area contributed by atoms with Crippen LogP contribution in [-0.2, 0) is 15.8 Å². The monoisotopic (exact) mass is 628 g/mol. The summed E-state index contributed by atoms with van der Waals surface area (Å²) in [5, 5.41) is 9.09. The number of nitrogens with zero attached hydrogens (tertiary/aromatic N) is 3. The highest BCUT2D eigenvalue weighted by Gasteiger charge is 2.25. The Morgan fingerprint density at radius 3 is 2.60 bits per heavy atom. The summed E-state index contributed by atoms with van der Waals surface area (Å²) in [6, 6.07) is 10.8. The van der Waals surface area contributed by atoms with Gasteiger partial charge < -0.3 is 11.1 Å². The molecule has 0 saturated carbocycles. The van der Waals surface area contributed by atoms with Crippen LogP contribution in [-0.4, -0.2) is 41.9 Å². The number of rotatable bonds is 10. The number of hydrogen-bond donors (Lipinski definition) is 3. The molecule has 0 saturated heterocycles. The van der Waals surface area contributed by atoms with Gasteiger partial charge in [0.05, 0.1) is 22.3 Å². The van der Waals surface area contributed by atoms with Gasteiger partial charge >= 0.3 is 0 Å². The molecule has 8 nitrogen and oxygen atoms in total. The van der Waals surface area contributed by atoms with Gasteiger partial charge in [0.25, 0.3) is 0 Å². The fourth-order valence-electron chi connectivity index (χ4n) is 5.45. The number of anilines is 2. The second-order valence-corrected chi connectivity index (χ2v) is 13.4. The third-order valence-electron chi connectivity index (χ3n) is 7.56. The van der Waals surface area contributed by atoms with Crippen LogP contribution < -0.4 is 15.8 Å². The number of nitrogens with one attached hydrogen (secondary N) is 2. The van der Waals surface area contributed by atoms with Crippen LogP contribution in [0.15, 0.2) is 54.7 Å². The van der Waals surface area contributed by atoms with Gasteiger partial charge in [-0.25, -0.2) is 22.2 Å². The minimum atomic E-state index is -3.94. The van der Waals surface area contributed by atoms with E-state index in [1.807, 2.05) is 25.5 Å². The van der Waals surface area contributed by atoms with Gasteiger partial charge in [-0.3, -0.25) is 9.40 Å². The Hall–Kier alpha value is -3.54. The van der Waals surface area contributed by atoms with Gasteiger partial charge in [-0.05, 0) is 69.4 Å². The fraction of sp³-hybridized carbons (Fsp3) is 0.355. The van der Waals surface area contributed by atoms with E-state index in [0.29, 0.717) is 27.2 Å². The molecule has 0 spiro atoms. The number of nitrogens with two attached hydrogens (primary N) is 1. The smallest absolute Gasteiger partial charge is 0.237 e. The number of sulfonamides is 1. The van der Waals surface area contributed by atoms with Crippen molar-refractivity contribution in [2.75, 3.05) is 17.1 Å². The van der Waals surface area contributed by atoms with E-state index < -0.39 is 28.3 Å². The number of fused-ring (bicyclic) bond motifs is 1. The first kappa shape index (κ1) is 30.9. The highest BCUT2D eigenvalue weighted by atomic mass is 35.5. The normalized spacial score (nSPS) is 16.4. The van der Waals surface area contributed by atoms with Crippen molar-refractivity contribution in [2.45, 2.75) is 63.9 Å². The van der Waals surface area contributed by atoms with Crippen molar-refractivity contribution >= 4 is 49.6 Å². The Bertz CT molecular complexity index is 1790. The summed E-state index contributed by atoms with van der Waals surface area (Å²) in [7, 11) is -3.94. The Morgan fingerprint density at radius 2 is 1.95 bits per heavy atom. The Morgan fingerprint density at radius 1 is 1.19 bits per heavy atom. The molecule has 0 fully saturated rings. The number of alkyl halides is 1. The summed E-state index contributed by atoms with van der Waals surface area (Å²) in [6.45, 7) is 5.42. The van der Waals surface area contributed by atoms with Crippen molar-refractivity contribution in [2.24, 2.45) is 0 Å². The molecule has 0 aliphatic heterocycles. The SMILES string of the molecule is CC(C)n1nc(-c2ccc(NS(=O)(=O)Cc3ccccc3Cl)c(F)c2)c2c(N)ncc(C3=CC[C@H](N[C@@H](C)CF)CC3)c21. The molecule has 2 heterocycles. The molecule has 4 N–H and O–H groups in total. The zero-order valence-corrected chi connectivity index (χ0v) is 25.8. The molecule has 0 unspecified atom stereocenters. The third kappa shape index (κ3) is 6.68. The first-order valence-corrected chi connectivity index (χ1v) is 16.2. The molecule has 5 rings (SSSR count). The van der Waals surface area contributed by atoms with Crippen LogP contribution in [0.5, 0.6) is 0 Å². The first-order valence-electron chi connectivity index (χ1n) is 14.2. The molecule has 0 bridgehead atoms. The lowest BCUT2D eigenvalue weighted by Crippen LogP contribution is -2.38. The van der Waals surface area contributed by atoms with Crippen LogP contribution in [0.4, 0.5) is 20.3 Å². The van der Waals surface area contributed by atoms with Crippen molar-refractivity contribution < 1.29 is 17.2 Å². The lowest BCUT2D eigenvalue weighted by Gasteiger charge is -2.26. The number of hydrogen-bond acceptors (Lipinski definition) is 6. The Labute approximate surface area is 255 Å². The summed E-state index contributed by atoms with van der Waals surface area (Å²) in [4.78, 5) is 4.48. The zero-order valence-electron chi connectivity index (χ0n) is 24.2. The van der Waals surface area contributed by atoms with Crippen molar-refractivity contribution in [3.05, 3.63) is 76.7 Å². The summed E-state index contributed by atoms with van der Waals surface area (Å²) in [5.41, 5.74) is 10.3. The number of halogens is 3. The molecule has 2 aromatic heterocycles. The number of pyridine rings is 1. The Kier molecular flexibility index (Phi) is 9.05. The van der Waals surface area contributed by atoms with E-state index in [0.717, 1.165) is 35.9 Å². The van der Waals surface area contributed by atoms with Crippen molar-refractivity contribution in [3.8, 4) is 11.3 Å². The fourth-order valence-corrected chi connectivity index (χ4v) is 6.97. The number of allylic oxidation sites excluding steroid dienone is 1. The zero-order chi connectivity index (χ0) is 30.9. The molecule has 2 atom stereocenters. The van der Waals surface area contributed by atoms with E-state index in [1.165, 1.54) is 12.1 Å². The van der Waals surface area contributed by atoms with Crippen LogP contribution in [0.2, 0.25) is 5.02 Å². The van der Waals surface area contributed by atoms with Crippen molar-refractivity contribution in [3.63, 3.8) is 0 Å². The predicted molar refractivity (Wildman–Crippen MR) is 170 cm³/mol. The average Bonchev–Trinajstić information content (AvgIpc) is 3.38. The highest BCUT2D eigenvalue weighted by molar-refractivity contribution is 7.91. The van der Waals surface area contributed by atoms with Crippen LogP contribution in [0.25, 0.3) is 27.7 Å². The van der Waals surface area contributed by atoms with E-state index in [9.17, 15) is 12.8 Å². The second-order valence-electron chi connectivity index (χ2n) is 11.2. The summed E-state index contributed by atoms with van der Waals surface area (Å²) in [6.07, 6.45) is 6.28. The van der Waals surface area contributed by atoms with Gasteiger partial charge in [0.1, 0.15) is 24.0 Å². The molecule has 1 aliphatic carbocycles. The maximum atomic E-state index is 15.4. The maximum Gasteiger partial charge on any atom is 0.237 e. The molecule has 2 aromatic carbocycles. The predicted octanol–water partition coefficient (Wildman–Crippen LogP) is 6.88. The van der Waals surface area contributed by atoms with Gasteiger partial charge in [-0.2, -0.15) is 5.10 Å². The van der Waals surface area contributed by atoms with E-state index >= 15 is 4.39 Å². The molecular formula is C31H35ClF2N6O2S.